The quantitative estimate of drug-likeness (QED) is 0.503. The van der Waals surface area contributed by atoms with Gasteiger partial charge >= 0.3 is 0 Å². The average Bonchev–Trinajstić information content (AvgIpc) is 2.23. The van der Waals surface area contributed by atoms with Gasteiger partial charge in [-0.2, -0.15) is 12.6 Å². The van der Waals surface area contributed by atoms with Crippen molar-refractivity contribution in [3.05, 3.63) is 0 Å². The van der Waals surface area contributed by atoms with E-state index in [4.69, 9.17) is 0 Å². The number of rotatable bonds is 7. The Balaban J connectivity index is 1.90. The minimum absolute atomic E-state index is 0.958. The summed E-state index contributed by atoms with van der Waals surface area (Å²) in [6, 6.07) is 0. The Bertz CT molecular complexity index is 149. The number of hydrogen-bond acceptors (Lipinski definition) is 2. The Morgan fingerprint density at radius 3 is 2.80 bits per heavy atom. The summed E-state index contributed by atoms with van der Waals surface area (Å²) in [6.07, 6.45) is 10.2. The van der Waals surface area contributed by atoms with Gasteiger partial charge in [-0.1, -0.05) is 39.0 Å². The van der Waals surface area contributed by atoms with E-state index in [9.17, 15) is 0 Å². The molecule has 1 aliphatic rings. The third-order valence-electron chi connectivity index (χ3n) is 3.55. The molecule has 1 saturated carbocycles. The highest BCUT2D eigenvalue weighted by Crippen LogP contribution is 2.31. The normalized spacial score (nSPS) is 26.8. The van der Waals surface area contributed by atoms with E-state index in [1.54, 1.807) is 0 Å². The molecule has 90 valence electrons. The first-order chi connectivity index (χ1) is 7.33. The van der Waals surface area contributed by atoms with Gasteiger partial charge < -0.3 is 5.32 Å². The second-order valence-corrected chi connectivity index (χ2v) is 5.55. The van der Waals surface area contributed by atoms with Gasteiger partial charge in [0.05, 0.1) is 0 Å². The monoisotopic (exact) mass is 229 g/mol. The first-order valence-corrected chi connectivity index (χ1v) is 7.27. The molecule has 1 fully saturated rings. The van der Waals surface area contributed by atoms with Crippen molar-refractivity contribution in [1.29, 1.82) is 0 Å². The molecule has 0 aliphatic heterocycles. The predicted molar refractivity (Wildman–Crippen MR) is 71.7 cm³/mol. The molecule has 15 heavy (non-hydrogen) atoms. The lowest BCUT2D eigenvalue weighted by Crippen LogP contribution is -2.18. The van der Waals surface area contributed by atoms with E-state index in [0.717, 1.165) is 24.1 Å². The molecule has 0 unspecified atom stereocenters. The van der Waals surface area contributed by atoms with Crippen LogP contribution in [-0.2, 0) is 0 Å². The lowest BCUT2D eigenvalue weighted by molar-refractivity contribution is 0.264. The van der Waals surface area contributed by atoms with Gasteiger partial charge in [0.25, 0.3) is 0 Å². The maximum Gasteiger partial charge on any atom is 0.00397 e. The van der Waals surface area contributed by atoms with E-state index < -0.39 is 0 Å². The van der Waals surface area contributed by atoms with Gasteiger partial charge in [-0.15, -0.1) is 0 Å². The van der Waals surface area contributed by atoms with Crippen LogP contribution < -0.4 is 5.32 Å². The first kappa shape index (κ1) is 13.4. The fourth-order valence-electron chi connectivity index (χ4n) is 2.71. The van der Waals surface area contributed by atoms with Crippen molar-refractivity contribution < 1.29 is 0 Å². The SMILES string of the molecule is C[C@H]1CCC[C@H](CCCCNCCS)C1. The highest BCUT2D eigenvalue weighted by Gasteiger charge is 2.17. The lowest BCUT2D eigenvalue weighted by Gasteiger charge is -2.26. The molecular formula is C13H27NS. The molecule has 1 N–H and O–H groups in total. The second-order valence-electron chi connectivity index (χ2n) is 5.11. The van der Waals surface area contributed by atoms with E-state index in [-0.39, 0.29) is 0 Å². The fourth-order valence-corrected chi connectivity index (χ4v) is 2.87. The summed E-state index contributed by atoms with van der Waals surface area (Å²) < 4.78 is 0. The highest BCUT2D eigenvalue weighted by atomic mass is 32.1. The fraction of sp³-hybridized carbons (Fsp3) is 1.00. The summed E-state index contributed by atoms with van der Waals surface area (Å²) >= 11 is 4.18. The molecule has 0 saturated heterocycles. The smallest absolute Gasteiger partial charge is 0.00397 e. The van der Waals surface area contributed by atoms with Crippen LogP contribution in [0.25, 0.3) is 0 Å². The Kier molecular flexibility index (Phi) is 7.54. The Morgan fingerprint density at radius 2 is 2.07 bits per heavy atom. The van der Waals surface area contributed by atoms with Crippen molar-refractivity contribution >= 4 is 12.6 Å². The van der Waals surface area contributed by atoms with Gasteiger partial charge in [0.1, 0.15) is 0 Å². The van der Waals surface area contributed by atoms with E-state index in [1.807, 2.05) is 0 Å². The van der Waals surface area contributed by atoms with Gasteiger partial charge in [0.15, 0.2) is 0 Å². The van der Waals surface area contributed by atoms with Crippen LogP contribution >= 0.6 is 12.6 Å². The maximum atomic E-state index is 4.18. The summed E-state index contributed by atoms with van der Waals surface area (Å²) in [5.41, 5.74) is 0. The summed E-state index contributed by atoms with van der Waals surface area (Å²) in [6.45, 7) is 4.66. The molecule has 0 spiro atoms. The highest BCUT2D eigenvalue weighted by molar-refractivity contribution is 7.80. The Labute approximate surface area is 101 Å². The van der Waals surface area contributed by atoms with Crippen molar-refractivity contribution in [2.75, 3.05) is 18.8 Å². The Hall–Kier alpha value is 0.310. The van der Waals surface area contributed by atoms with Crippen LogP contribution in [0.4, 0.5) is 0 Å². The number of nitrogens with one attached hydrogen (secondary N) is 1. The molecule has 0 heterocycles. The molecule has 0 aromatic heterocycles. The van der Waals surface area contributed by atoms with Crippen molar-refractivity contribution in [2.45, 2.75) is 51.9 Å². The van der Waals surface area contributed by atoms with Crippen molar-refractivity contribution in [3.8, 4) is 0 Å². The van der Waals surface area contributed by atoms with E-state index >= 15 is 0 Å². The number of thiol groups is 1. The maximum absolute atomic E-state index is 4.18. The van der Waals surface area contributed by atoms with Crippen LogP contribution in [0.5, 0.6) is 0 Å². The molecule has 0 radical (unpaired) electrons. The molecule has 0 bridgehead atoms. The summed E-state index contributed by atoms with van der Waals surface area (Å²) in [5, 5.41) is 3.41. The lowest BCUT2D eigenvalue weighted by atomic mass is 9.80. The van der Waals surface area contributed by atoms with Gasteiger partial charge in [-0.25, -0.2) is 0 Å². The van der Waals surface area contributed by atoms with Gasteiger partial charge in [0.2, 0.25) is 0 Å². The molecule has 0 aromatic rings. The predicted octanol–water partition coefficient (Wildman–Crippen LogP) is 3.50. The van der Waals surface area contributed by atoms with E-state index in [1.165, 1.54) is 51.5 Å². The van der Waals surface area contributed by atoms with Crippen molar-refractivity contribution in [2.24, 2.45) is 11.8 Å². The molecular weight excluding hydrogens is 202 g/mol. The number of unbranched alkanes of at least 4 members (excludes halogenated alkanes) is 1. The average molecular weight is 229 g/mol. The summed E-state index contributed by atoms with van der Waals surface area (Å²) in [5.74, 6) is 2.99. The van der Waals surface area contributed by atoms with Crippen LogP contribution in [0.2, 0.25) is 0 Å². The zero-order valence-electron chi connectivity index (χ0n) is 10.2. The molecule has 1 rings (SSSR count). The summed E-state index contributed by atoms with van der Waals surface area (Å²) in [4.78, 5) is 0. The number of hydrogen-bond donors (Lipinski definition) is 2. The molecule has 2 atom stereocenters. The standard InChI is InChI=1S/C13H27NS/c1-12-5-4-7-13(11-12)6-2-3-8-14-9-10-15/h12-15H,2-11H2,1H3/t12-,13-/m0/s1. The first-order valence-electron chi connectivity index (χ1n) is 6.64. The summed E-state index contributed by atoms with van der Waals surface area (Å²) in [7, 11) is 0. The van der Waals surface area contributed by atoms with Crippen LogP contribution in [-0.4, -0.2) is 18.8 Å². The molecule has 0 aromatic carbocycles. The largest absolute Gasteiger partial charge is 0.316 e. The van der Waals surface area contributed by atoms with Crippen LogP contribution in [0.1, 0.15) is 51.9 Å². The molecule has 1 nitrogen and oxygen atoms in total. The van der Waals surface area contributed by atoms with E-state index in [2.05, 4.69) is 24.9 Å². The van der Waals surface area contributed by atoms with E-state index in [0.29, 0.717) is 0 Å². The zero-order chi connectivity index (χ0) is 10.9. The van der Waals surface area contributed by atoms with Crippen LogP contribution in [0, 0.1) is 11.8 Å². The minimum Gasteiger partial charge on any atom is -0.316 e. The third kappa shape index (κ3) is 6.47. The topological polar surface area (TPSA) is 12.0 Å². The third-order valence-corrected chi connectivity index (χ3v) is 3.77. The van der Waals surface area contributed by atoms with Gasteiger partial charge in [0, 0.05) is 12.3 Å². The minimum atomic E-state index is 0.958. The van der Waals surface area contributed by atoms with Crippen molar-refractivity contribution in [1.82, 2.24) is 5.32 Å². The van der Waals surface area contributed by atoms with Crippen molar-refractivity contribution in [3.63, 3.8) is 0 Å². The molecule has 0 amide bonds. The van der Waals surface area contributed by atoms with Crippen LogP contribution in [0.3, 0.4) is 0 Å². The zero-order valence-corrected chi connectivity index (χ0v) is 11.1. The van der Waals surface area contributed by atoms with Crippen LogP contribution in [0.15, 0.2) is 0 Å². The Morgan fingerprint density at radius 1 is 1.20 bits per heavy atom. The van der Waals surface area contributed by atoms with Gasteiger partial charge in [-0.05, 0) is 31.2 Å². The van der Waals surface area contributed by atoms with Gasteiger partial charge in [-0.3, -0.25) is 0 Å². The molecule has 1 aliphatic carbocycles. The second kappa shape index (κ2) is 8.46. The molecule has 2 heteroatoms.